The van der Waals surface area contributed by atoms with Gasteiger partial charge in [-0.05, 0) is 0 Å². The van der Waals surface area contributed by atoms with Crippen LogP contribution in [0.25, 0.3) is 0 Å². The molecule has 0 aromatic carbocycles. The van der Waals surface area contributed by atoms with Gasteiger partial charge in [-0.1, -0.05) is 0 Å². The maximum absolute atomic E-state index is 12.2. The van der Waals surface area contributed by atoms with Crippen molar-refractivity contribution < 1.29 is 22.2 Å². The van der Waals surface area contributed by atoms with Crippen molar-refractivity contribution in [3.05, 3.63) is 20.6 Å². The molecule has 1 fully saturated rings. The molecule has 1 N–H and O–H groups in total. The number of hydrogen-bond donors (Lipinski definition) is 1. The van der Waals surface area contributed by atoms with Gasteiger partial charge in [0.15, 0.2) is 0 Å². The van der Waals surface area contributed by atoms with Gasteiger partial charge < -0.3 is 0 Å². The van der Waals surface area contributed by atoms with E-state index in [9.17, 15) is 4.79 Å². The molecular weight excluding hydrogens is 286 g/mol. The zero-order chi connectivity index (χ0) is 14.3. The Morgan fingerprint density at radius 2 is 1.79 bits per heavy atom. The van der Waals surface area contributed by atoms with Crippen LogP contribution in [0.2, 0.25) is 13.1 Å². The molecule has 105 valence electrons. The van der Waals surface area contributed by atoms with Crippen LogP contribution >= 0.6 is 0 Å². The Morgan fingerprint density at radius 3 is 2.16 bits per heavy atom. The SMILES string of the molecule is CC1=C(C)C(C)[C]([Ti]([NH]C(=O)C2CC2)[SiH](C)C)=C1C. The summed E-state index contributed by atoms with van der Waals surface area (Å²) in [6, 6.07) is 0. The molecule has 1 amide bonds. The molecule has 0 heterocycles. The molecule has 0 saturated heterocycles. The molecule has 2 aliphatic carbocycles. The summed E-state index contributed by atoms with van der Waals surface area (Å²) in [4.78, 5) is 12.2. The van der Waals surface area contributed by atoms with Gasteiger partial charge in [-0.3, -0.25) is 0 Å². The quantitative estimate of drug-likeness (QED) is 0.793. The fourth-order valence-corrected chi connectivity index (χ4v) is 13.5. The Hall–Kier alpha value is -0.119. The number of carbonyl (C=O) groups is 1. The molecular formula is C15H26NOSiTi. The molecule has 0 bridgehead atoms. The summed E-state index contributed by atoms with van der Waals surface area (Å²) in [5.41, 5.74) is 4.49. The van der Waals surface area contributed by atoms with Gasteiger partial charge in [0.25, 0.3) is 0 Å². The topological polar surface area (TPSA) is 29.1 Å². The van der Waals surface area contributed by atoms with Crippen LogP contribution in [-0.4, -0.2) is 12.6 Å². The van der Waals surface area contributed by atoms with E-state index in [2.05, 4.69) is 44.6 Å². The standard InChI is InChI=1S/C9H13.C4H7NO.C2H7Si.Ti/c1-6-5-7(2)9(4)8(6)3;5-4(6)3-1-2-3;1-3-2;/h6H,1-4H3;3H,1-2H2,(H2,5,6);3H,1-2H3;/q;;;+1/p-1. The van der Waals surface area contributed by atoms with Gasteiger partial charge in [0.05, 0.1) is 0 Å². The number of nitrogens with one attached hydrogen (secondary N) is 1. The van der Waals surface area contributed by atoms with Crippen molar-refractivity contribution in [3.8, 4) is 0 Å². The summed E-state index contributed by atoms with van der Waals surface area (Å²) >= 11 is -1.56. The van der Waals surface area contributed by atoms with Gasteiger partial charge in [-0.25, -0.2) is 0 Å². The second kappa shape index (κ2) is 5.71. The molecule has 2 aliphatic rings. The minimum absolute atomic E-state index is 0.350. The third-order valence-electron chi connectivity index (χ3n) is 4.71. The number of allylic oxidation sites excluding steroid dienone is 4. The second-order valence-corrected chi connectivity index (χ2v) is 19.0. The van der Waals surface area contributed by atoms with Crippen molar-refractivity contribution in [1.29, 1.82) is 0 Å². The van der Waals surface area contributed by atoms with Crippen LogP contribution in [0.1, 0.15) is 40.5 Å². The average molecular weight is 312 g/mol. The molecule has 4 heteroatoms. The van der Waals surface area contributed by atoms with Crippen LogP contribution in [0.4, 0.5) is 0 Å². The molecule has 2 nitrogen and oxygen atoms in total. The summed E-state index contributed by atoms with van der Waals surface area (Å²) in [5.74, 6) is 1.29. The summed E-state index contributed by atoms with van der Waals surface area (Å²) in [5, 5.41) is 0. The first-order valence-corrected chi connectivity index (χ1v) is 14.6. The number of carbonyl (C=O) groups excluding carboxylic acids is 1. The molecule has 0 aromatic heterocycles. The molecule has 0 aromatic rings. The Kier molecular flexibility index (Phi) is 4.59. The zero-order valence-electron chi connectivity index (χ0n) is 13.1. The van der Waals surface area contributed by atoms with Crippen LogP contribution < -0.4 is 3.80 Å². The van der Waals surface area contributed by atoms with Crippen LogP contribution in [-0.2, 0) is 22.2 Å². The molecule has 0 aliphatic heterocycles. The molecule has 2 rings (SSSR count). The third-order valence-corrected chi connectivity index (χ3v) is 16.1. The van der Waals surface area contributed by atoms with Crippen molar-refractivity contribution in [3.63, 3.8) is 0 Å². The predicted octanol–water partition coefficient (Wildman–Crippen LogP) is 3.29. The Morgan fingerprint density at radius 1 is 1.21 bits per heavy atom. The Labute approximate surface area is 124 Å². The Balaban J connectivity index is 2.23. The molecule has 0 radical (unpaired) electrons. The van der Waals surface area contributed by atoms with Gasteiger partial charge in [0, 0.05) is 0 Å². The summed E-state index contributed by atoms with van der Waals surface area (Å²) < 4.78 is 5.19. The van der Waals surface area contributed by atoms with Crippen LogP contribution in [0.3, 0.4) is 0 Å². The summed E-state index contributed by atoms with van der Waals surface area (Å²) in [6.07, 6.45) is 2.22. The Bertz CT molecular complexity index is 463. The van der Waals surface area contributed by atoms with E-state index in [1.54, 1.807) is 3.88 Å². The van der Waals surface area contributed by atoms with Crippen molar-refractivity contribution in [2.45, 2.75) is 53.6 Å². The normalized spacial score (nSPS) is 23.4. The van der Waals surface area contributed by atoms with E-state index in [0.29, 0.717) is 17.7 Å². The van der Waals surface area contributed by atoms with Gasteiger partial charge in [0.2, 0.25) is 0 Å². The number of rotatable bonds is 4. The minimum atomic E-state index is -1.56. The van der Waals surface area contributed by atoms with Gasteiger partial charge in [0.1, 0.15) is 0 Å². The molecule has 1 saturated carbocycles. The van der Waals surface area contributed by atoms with Crippen LogP contribution in [0, 0.1) is 11.8 Å². The zero-order valence-corrected chi connectivity index (χ0v) is 15.8. The van der Waals surface area contributed by atoms with E-state index >= 15 is 0 Å². The second-order valence-electron chi connectivity index (χ2n) is 6.40. The third kappa shape index (κ3) is 2.98. The first kappa shape index (κ1) is 15.3. The first-order chi connectivity index (χ1) is 8.84. The summed E-state index contributed by atoms with van der Waals surface area (Å²) in [7, 11) is 0. The fraction of sp³-hybridized carbons (Fsp3) is 0.667. The van der Waals surface area contributed by atoms with Crippen molar-refractivity contribution in [1.82, 2.24) is 3.80 Å². The molecule has 0 spiro atoms. The van der Waals surface area contributed by atoms with E-state index in [-0.39, 0.29) is 0 Å². The fourth-order valence-electron chi connectivity index (χ4n) is 2.90. The van der Waals surface area contributed by atoms with Gasteiger partial charge in [-0.15, -0.1) is 0 Å². The molecule has 1 unspecified atom stereocenters. The van der Waals surface area contributed by atoms with E-state index in [0.717, 1.165) is 12.8 Å². The van der Waals surface area contributed by atoms with Crippen molar-refractivity contribution >= 4 is 12.6 Å². The van der Waals surface area contributed by atoms with Gasteiger partial charge >= 0.3 is 125 Å². The van der Waals surface area contributed by atoms with E-state index < -0.39 is 24.0 Å². The first-order valence-electron chi connectivity index (χ1n) is 7.41. The van der Waals surface area contributed by atoms with Gasteiger partial charge in [-0.2, -0.15) is 0 Å². The van der Waals surface area contributed by atoms with Crippen molar-refractivity contribution in [2.24, 2.45) is 11.8 Å². The van der Waals surface area contributed by atoms with E-state index in [1.165, 1.54) is 16.7 Å². The summed E-state index contributed by atoms with van der Waals surface area (Å²) in [6.45, 7) is 13.1. The van der Waals surface area contributed by atoms with Crippen LogP contribution in [0.5, 0.6) is 0 Å². The van der Waals surface area contributed by atoms with E-state index in [1.807, 2.05) is 0 Å². The maximum atomic E-state index is 12.2. The van der Waals surface area contributed by atoms with Crippen LogP contribution in [0.15, 0.2) is 20.6 Å². The predicted molar refractivity (Wildman–Crippen MR) is 80.0 cm³/mol. The van der Waals surface area contributed by atoms with Crippen molar-refractivity contribution in [2.75, 3.05) is 0 Å². The monoisotopic (exact) mass is 312 g/mol. The van der Waals surface area contributed by atoms with E-state index in [4.69, 9.17) is 0 Å². The molecule has 19 heavy (non-hydrogen) atoms. The molecule has 1 atom stereocenters. The average Bonchev–Trinajstić information content (AvgIpc) is 3.16. The number of amides is 1. The number of hydrogen-bond acceptors (Lipinski definition) is 1.